The highest BCUT2D eigenvalue weighted by Gasteiger charge is 2.21. The molecular weight excluding hydrogens is 424 g/mol. The number of morpholine rings is 1. The summed E-state index contributed by atoms with van der Waals surface area (Å²) in [7, 11) is 1.53. The molecule has 1 saturated heterocycles. The lowest BCUT2D eigenvalue weighted by molar-refractivity contribution is 0.122. The molecule has 33 heavy (non-hydrogen) atoms. The lowest BCUT2D eigenvalue weighted by Gasteiger charge is -2.28. The molecule has 0 aliphatic carbocycles. The number of nitrogens with one attached hydrogen (secondary N) is 1. The molecule has 11 heteroatoms. The number of aromatic nitrogens is 6. The Morgan fingerprint density at radius 1 is 1.12 bits per heavy atom. The van der Waals surface area contributed by atoms with Crippen LogP contribution in [-0.4, -0.2) is 68.1 Å². The smallest absolute Gasteiger partial charge is 0.316 e. The molecule has 11 nitrogen and oxygen atoms in total. The van der Waals surface area contributed by atoms with E-state index in [2.05, 4.69) is 36.5 Å². The molecule has 4 rings (SSSR count). The van der Waals surface area contributed by atoms with Gasteiger partial charge in [0.25, 0.3) is 0 Å². The van der Waals surface area contributed by atoms with E-state index < -0.39 is 0 Å². The van der Waals surface area contributed by atoms with Crippen molar-refractivity contribution in [2.75, 3.05) is 38.3 Å². The number of methoxy groups -OCH3 is 1. The molecule has 1 aliphatic rings. The summed E-state index contributed by atoms with van der Waals surface area (Å²) >= 11 is 0. The van der Waals surface area contributed by atoms with E-state index in [4.69, 9.17) is 24.6 Å². The average molecular weight is 455 g/mol. The minimum absolute atomic E-state index is 0.302. The quantitative estimate of drug-likeness (QED) is 0.330. The van der Waals surface area contributed by atoms with Crippen molar-refractivity contribution in [1.82, 2.24) is 35.0 Å². The Morgan fingerprint density at radius 2 is 1.88 bits per heavy atom. The molecule has 0 aromatic carbocycles. The van der Waals surface area contributed by atoms with Crippen molar-refractivity contribution in [3.05, 3.63) is 31.0 Å². The molecule has 1 aliphatic heterocycles. The number of nitrogens with zero attached hydrogens (tertiary/aromatic N) is 7. The van der Waals surface area contributed by atoms with Crippen molar-refractivity contribution < 1.29 is 14.7 Å². The van der Waals surface area contributed by atoms with Gasteiger partial charge >= 0.3 is 6.01 Å². The summed E-state index contributed by atoms with van der Waals surface area (Å²) < 4.78 is 12.7. The zero-order valence-electron chi connectivity index (χ0n) is 18.9. The number of aryl methyl sites for hydroxylation is 1. The van der Waals surface area contributed by atoms with Crippen LogP contribution in [0.4, 0.5) is 5.82 Å². The van der Waals surface area contributed by atoms with Crippen LogP contribution in [0.25, 0.3) is 22.6 Å². The fourth-order valence-electron chi connectivity index (χ4n) is 3.78. The van der Waals surface area contributed by atoms with Gasteiger partial charge in [-0.1, -0.05) is 19.4 Å². The van der Waals surface area contributed by atoms with Crippen LogP contribution in [0.5, 0.6) is 6.01 Å². The second-order valence-corrected chi connectivity index (χ2v) is 7.92. The van der Waals surface area contributed by atoms with Crippen LogP contribution in [0.1, 0.15) is 32.1 Å². The first-order valence-corrected chi connectivity index (χ1v) is 11.2. The normalized spacial score (nSPS) is 13.9. The van der Waals surface area contributed by atoms with E-state index in [1.54, 1.807) is 12.4 Å². The molecule has 0 saturated carbocycles. The third-order valence-electron chi connectivity index (χ3n) is 5.61. The van der Waals surface area contributed by atoms with Crippen LogP contribution < -0.4 is 15.1 Å². The summed E-state index contributed by atoms with van der Waals surface area (Å²) in [6.45, 7) is 7.38. The van der Waals surface area contributed by atoms with Crippen LogP contribution in [-0.2, 0) is 11.3 Å². The molecule has 0 unspecified atom stereocenters. The molecular formula is C22H30N8O3. The Hall–Kier alpha value is -3.31. The van der Waals surface area contributed by atoms with Gasteiger partial charge in [-0.3, -0.25) is 10.7 Å². The van der Waals surface area contributed by atoms with Crippen LogP contribution in [0.2, 0.25) is 0 Å². The highest BCUT2D eigenvalue weighted by molar-refractivity contribution is 5.85. The standard InChI is InChI=1S/C22H30N8O3/c1-16(28-31)7-5-3-4-6-8-30-15-25-18-20(29-9-11-33-12-10-29)26-19(27-21(18)30)17-13-23-22(32-2)24-14-17/h13-15,28,31H,1,3-12H2,2H3. The molecule has 0 radical (unpaired) electrons. The Labute approximate surface area is 192 Å². The first-order chi connectivity index (χ1) is 16.2. The number of unbranched alkanes of at least 4 members (excludes halogenated alkanes) is 3. The SMILES string of the molecule is C=C(CCCCCCn1cnc2c(N3CCOCC3)nc(-c3cnc(OC)nc3)nc21)NO. The lowest BCUT2D eigenvalue weighted by atomic mass is 10.1. The second kappa shape index (κ2) is 11.0. The number of allylic oxidation sites excluding steroid dienone is 1. The Balaban J connectivity index is 1.56. The summed E-state index contributed by atoms with van der Waals surface area (Å²) in [5.74, 6) is 1.37. The van der Waals surface area contributed by atoms with Crippen LogP contribution >= 0.6 is 0 Å². The Kier molecular flexibility index (Phi) is 7.63. The highest BCUT2D eigenvalue weighted by Crippen LogP contribution is 2.27. The summed E-state index contributed by atoms with van der Waals surface area (Å²) in [6, 6.07) is 0.302. The number of imidazole rings is 1. The van der Waals surface area contributed by atoms with Gasteiger partial charge in [-0.2, -0.15) is 0 Å². The van der Waals surface area contributed by atoms with Crippen molar-refractivity contribution in [2.24, 2.45) is 0 Å². The first kappa shape index (κ1) is 22.9. The van der Waals surface area contributed by atoms with Crippen LogP contribution in [0.15, 0.2) is 31.0 Å². The van der Waals surface area contributed by atoms with E-state index in [1.165, 1.54) is 7.11 Å². The maximum Gasteiger partial charge on any atom is 0.316 e. The molecule has 0 spiro atoms. The zero-order chi connectivity index (χ0) is 23.0. The van der Waals surface area contributed by atoms with Gasteiger partial charge < -0.3 is 18.9 Å². The van der Waals surface area contributed by atoms with Gasteiger partial charge in [0.15, 0.2) is 22.8 Å². The molecule has 0 atom stereocenters. The summed E-state index contributed by atoms with van der Waals surface area (Å²) in [4.78, 5) is 24.9. The molecule has 4 heterocycles. The fraction of sp³-hybridized carbons (Fsp3) is 0.500. The van der Waals surface area contributed by atoms with Crippen molar-refractivity contribution >= 4 is 17.0 Å². The third-order valence-corrected chi connectivity index (χ3v) is 5.61. The van der Waals surface area contributed by atoms with Gasteiger partial charge in [0.2, 0.25) is 0 Å². The molecule has 3 aromatic heterocycles. The third kappa shape index (κ3) is 5.55. The van der Waals surface area contributed by atoms with Gasteiger partial charge in [-0.25, -0.2) is 24.9 Å². The number of hydrogen-bond acceptors (Lipinski definition) is 10. The summed E-state index contributed by atoms with van der Waals surface area (Å²) in [5, 5.41) is 8.81. The second-order valence-electron chi connectivity index (χ2n) is 7.92. The number of fused-ring (bicyclic) bond motifs is 1. The van der Waals surface area contributed by atoms with Gasteiger partial charge in [0.05, 0.1) is 32.2 Å². The van der Waals surface area contributed by atoms with Gasteiger partial charge in [0, 0.05) is 37.7 Å². The van der Waals surface area contributed by atoms with E-state index >= 15 is 0 Å². The summed E-state index contributed by atoms with van der Waals surface area (Å²) in [6.07, 6.45) is 10.1. The monoisotopic (exact) mass is 454 g/mol. The molecule has 2 N–H and O–H groups in total. The van der Waals surface area contributed by atoms with E-state index in [0.29, 0.717) is 30.7 Å². The maximum absolute atomic E-state index is 8.81. The van der Waals surface area contributed by atoms with Crippen LogP contribution in [0, 0.1) is 0 Å². The van der Waals surface area contributed by atoms with E-state index in [9.17, 15) is 0 Å². The predicted octanol–water partition coefficient (Wildman–Crippen LogP) is 2.57. The van der Waals surface area contributed by atoms with Crippen molar-refractivity contribution in [3.63, 3.8) is 0 Å². The molecule has 1 fully saturated rings. The fourth-order valence-corrected chi connectivity index (χ4v) is 3.78. The topological polar surface area (TPSA) is 123 Å². The molecule has 0 amide bonds. The molecule has 176 valence electrons. The van der Waals surface area contributed by atoms with Gasteiger partial charge in [-0.05, 0) is 19.3 Å². The van der Waals surface area contributed by atoms with Gasteiger partial charge in [-0.15, -0.1) is 0 Å². The number of hydroxylamine groups is 1. The van der Waals surface area contributed by atoms with Crippen molar-refractivity contribution in [1.29, 1.82) is 0 Å². The minimum atomic E-state index is 0.302. The Bertz CT molecular complexity index is 1060. The lowest BCUT2D eigenvalue weighted by Crippen LogP contribution is -2.37. The Morgan fingerprint density at radius 3 is 2.61 bits per heavy atom. The highest BCUT2D eigenvalue weighted by atomic mass is 16.5. The molecule has 3 aromatic rings. The first-order valence-electron chi connectivity index (χ1n) is 11.2. The zero-order valence-corrected chi connectivity index (χ0v) is 18.9. The largest absolute Gasteiger partial charge is 0.467 e. The van der Waals surface area contributed by atoms with Crippen LogP contribution in [0.3, 0.4) is 0 Å². The number of anilines is 1. The molecule has 0 bridgehead atoms. The van der Waals surface area contributed by atoms with Gasteiger partial charge in [0.1, 0.15) is 0 Å². The minimum Gasteiger partial charge on any atom is -0.467 e. The van der Waals surface area contributed by atoms with Crippen molar-refractivity contribution in [3.8, 4) is 17.4 Å². The average Bonchev–Trinajstić information content (AvgIpc) is 3.28. The number of ether oxygens (including phenoxy) is 2. The number of hydrogen-bond donors (Lipinski definition) is 2. The van der Waals surface area contributed by atoms with E-state index in [1.807, 2.05) is 6.33 Å². The van der Waals surface area contributed by atoms with E-state index in [0.717, 1.165) is 74.3 Å². The maximum atomic E-state index is 8.81. The van der Waals surface area contributed by atoms with E-state index in [-0.39, 0.29) is 0 Å². The predicted molar refractivity (Wildman–Crippen MR) is 123 cm³/mol. The summed E-state index contributed by atoms with van der Waals surface area (Å²) in [5.41, 5.74) is 5.07. The van der Waals surface area contributed by atoms with Crippen molar-refractivity contribution in [2.45, 2.75) is 38.6 Å². The number of rotatable bonds is 11.